The Kier molecular flexibility index (Phi) is 7.18. The van der Waals surface area contributed by atoms with E-state index in [0.29, 0.717) is 37.9 Å². The third-order valence-corrected chi connectivity index (χ3v) is 4.99. The summed E-state index contributed by atoms with van der Waals surface area (Å²) in [4.78, 5) is 20.8. The Morgan fingerprint density at radius 2 is 2.11 bits per heavy atom. The van der Waals surface area contributed by atoms with Gasteiger partial charge in [-0.2, -0.15) is 0 Å². The van der Waals surface area contributed by atoms with Crippen molar-refractivity contribution in [2.45, 2.75) is 18.9 Å². The summed E-state index contributed by atoms with van der Waals surface area (Å²) in [6.07, 6.45) is 1.58. The number of hydrogen-bond acceptors (Lipinski definition) is 4. The van der Waals surface area contributed by atoms with Crippen LogP contribution in [0, 0.1) is 0 Å². The van der Waals surface area contributed by atoms with Crippen molar-refractivity contribution in [1.29, 1.82) is 0 Å². The second-order valence-corrected chi connectivity index (χ2v) is 7.03. The molecule has 7 nitrogen and oxygen atoms in total. The minimum Gasteiger partial charge on any atom is -0.492 e. The van der Waals surface area contributed by atoms with Crippen LogP contribution in [0.15, 0.2) is 29.3 Å². The summed E-state index contributed by atoms with van der Waals surface area (Å²) in [6.45, 7) is 4.74. The zero-order valence-corrected chi connectivity index (χ0v) is 16.5. The average Bonchev–Trinajstić information content (AvgIpc) is 3.23. The van der Waals surface area contributed by atoms with Crippen LogP contribution in [0.4, 0.5) is 0 Å². The van der Waals surface area contributed by atoms with Gasteiger partial charge in [0, 0.05) is 44.9 Å². The Hall–Kier alpha value is -1.99. The summed E-state index contributed by atoms with van der Waals surface area (Å²) >= 11 is 5.95. The van der Waals surface area contributed by atoms with Gasteiger partial charge in [-0.3, -0.25) is 9.79 Å². The van der Waals surface area contributed by atoms with Gasteiger partial charge in [0.25, 0.3) is 5.91 Å². The van der Waals surface area contributed by atoms with Crippen molar-refractivity contribution in [3.05, 3.63) is 29.3 Å². The molecule has 0 bridgehead atoms. The number of rotatable bonds is 5. The number of ether oxygens (including phenoxy) is 2. The quantitative estimate of drug-likeness (QED) is 0.467. The second kappa shape index (κ2) is 9.80. The van der Waals surface area contributed by atoms with Crippen LogP contribution in [0.1, 0.15) is 12.8 Å². The maximum atomic E-state index is 12.4. The monoisotopic (exact) mass is 394 g/mol. The van der Waals surface area contributed by atoms with Gasteiger partial charge in [0.1, 0.15) is 18.5 Å². The number of piperazine rings is 1. The molecule has 1 atom stereocenters. The molecule has 0 aliphatic carbocycles. The van der Waals surface area contributed by atoms with Gasteiger partial charge >= 0.3 is 0 Å². The van der Waals surface area contributed by atoms with Crippen molar-refractivity contribution in [2.75, 3.05) is 53.0 Å². The molecule has 1 N–H and O–H groups in total. The number of hydrogen-bond donors (Lipinski definition) is 1. The number of benzene rings is 1. The van der Waals surface area contributed by atoms with Gasteiger partial charge in [0.2, 0.25) is 0 Å². The van der Waals surface area contributed by atoms with Gasteiger partial charge in [-0.25, -0.2) is 0 Å². The second-order valence-electron chi connectivity index (χ2n) is 6.59. The van der Waals surface area contributed by atoms with Gasteiger partial charge in [0.05, 0.1) is 6.54 Å². The highest BCUT2D eigenvalue weighted by Crippen LogP contribution is 2.17. The van der Waals surface area contributed by atoms with E-state index < -0.39 is 0 Å². The highest BCUT2D eigenvalue weighted by atomic mass is 35.5. The molecular formula is C19H27ClN4O3. The number of halogens is 1. The lowest BCUT2D eigenvalue weighted by Gasteiger charge is -2.37. The van der Waals surface area contributed by atoms with Crippen LogP contribution in [0.5, 0.6) is 5.75 Å². The molecule has 2 fully saturated rings. The van der Waals surface area contributed by atoms with E-state index in [2.05, 4.69) is 15.2 Å². The van der Waals surface area contributed by atoms with Crippen molar-refractivity contribution in [1.82, 2.24) is 15.1 Å². The van der Waals surface area contributed by atoms with Gasteiger partial charge in [-0.05, 0) is 31.0 Å². The minimum absolute atomic E-state index is 0.130. The highest BCUT2D eigenvalue weighted by Gasteiger charge is 2.30. The molecule has 3 rings (SSSR count). The van der Waals surface area contributed by atoms with Gasteiger partial charge in [-0.1, -0.05) is 17.7 Å². The SMILES string of the molecule is CN=C(NCCOc1cccc(Cl)c1)N1CCN(C(=O)C2CCCO2)CC1. The zero-order valence-electron chi connectivity index (χ0n) is 15.7. The molecule has 2 aliphatic heterocycles. The van der Waals surface area contributed by atoms with Crippen molar-refractivity contribution < 1.29 is 14.3 Å². The lowest BCUT2D eigenvalue weighted by Crippen LogP contribution is -2.55. The van der Waals surface area contributed by atoms with E-state index in [-0.39, 0.29) is 12.0 Å². The third kappa shape index (κ3) is 5.49. The molecule has 1 unspecified atom stereocenters. The predicted molar refractivity (Wildman–Crippen MR) is 105 cm³/mol. The fraction of sp³-hybridized carbons (Fsp3) is 0.579. The number of carbonyl (C=O) groups excluding carboxylic acids is 1. The summed E-state index contributed by atoms with van der Waals surface area (Å²) in [5, 5.41) is 3.97. The largest absolute Gasteiger partial charge is 0.492 e. The predicted octanol–water partition coefficient (Wildman–Crippen LogP) is 1.62. The van der Waals surface area contributed by atoms with Gasteiger partial charge < -0.3 is 24.6 Å². The van der Waals surface area contributed by atoms with Gasteiger partial charge in [-0.15, -0.1) is 0 Å². The zero-order chi connectivity index (χ0) is 19.1. The van der Waals surface area contributed by atoms with Crippen molar-refractivity contribution in [3.8, 4) is 5.75 Å². The molecule has 0 spiro atoms. The number of guanidine groups is 1. The molecule has 1 aromatic carbocycles. The van der Waals surface area contributed by atoms with Crippen LogP contribution in [-0.4, -0.2) is 80.8 Å². The maximum Gasteiger partial charge on any atom is 0.251 e. The van der Waals surface area contributed by atoms with Crippen molar-refractivity contribution in [3.63, 3.8) is 0 Å². The van der Waals surface area contributed by atoms with E-state index in [1.165, 1.54) is 0 Å². The maximum absolute atomic E-state index is 12.4. The number of nitrogens with zero attached hydrogens (tertiary/aromatic N) is 3. The molecule has 8 heteroatoms. The van der Waals surface area contributed by atoms with Crippen LogP contribution in [0.25, 0.3) is 0 Å². The van der Waals surface area contributed by atoms with Crippen LogP contribution in [0.3, 0.4) is 0 Å². The molecule has 148 valence electrons. The molecular weight excluding hydrogens is 368 g/mol. The van der Waals surface area contributed by atoms with E-state index in [1.807, 2.05) is 23.1 Å². The lowest BCUT2D eigenvalue weighted by atomic mass is 10.2. The number of carbonyl (C=O) groups is 1. The van der Waals surface area contributed by atoms with Crippen LogP contribution in [-0.2, 0) is 9.53 Å². The molecule has 0 radical (unpaired) electrons. The molecule has 2 saturated heterocycles. The number of aliphatic imine (C=N–C) groups is 1. The Morgan fingerprint density at radius 1 is 1.33 bits per heavy atom. The molecule has 0 saturated carbocycles. The smallest absolute Gasteiger partial charge is 0.251 e. The molecule has 1 amide bonds. The third-order valence-electron chi connectivity index (χ3n) is 4.76. The molecule has 0 aromatic heterocycles. The summed E-state index contributed by atoms with van der Waals surface area (Å²) in [5.41, 5.74) is 0. The summed E-state index contributed by atoms with van der Waals surface area (Å²) in [6, 6.07) is 7.35. The summed E-state index contributed by atoms with van der Waals surface area (Å²) in [5.74, 6) is 1.71. The highest BCUT2D eigenvalue weighted by molar-refractivity contribution is 6.30. The number of amides is 1. The first-order chi connectivity index (χ1) is 13.2. The summed E-state index contributed by atoms with van der Waals surface area (Å²) < 4.78 is 11.2. The first-order valence-corrected chi connectivity index (χ1v) is 9.79. The van der Waals surface area contributed by atoms with Crippen LogP contribution < -0.4 is 10.1 Å². The van der Waals surface area contributed by atoms with Crippen molar-refractivity contribution >= 4 is 23.5 Å². The van der Waals surface area contributed by atoms with Crippen LogP contribution >= 0.6 is 11.6 Å². The average molecular weight is 395 g/mol. The molecule has 2 heterocycles. The van der Waals surface area contributed by atoms with E-state index in [0.717, 1.165) is 37.6 Å². The van der Waals surface area contributed by atoms with Gasteiger partial charge in [0.15, 0.2) is 5.96 Å². The Labute approximate surface area is 165 Å². The topological polar surface area (TPSA) is 66.4 Å². The van der Waals surface area contributed by atoms with E-state index in [1.54, 1.807) is 13.1 Å². The Bertz CT molecular complexity index is 656. The molecule has 27 heavy (non-hydrogen) atoms. The lowest BCUT2D eigenvalue weighted by molar-refractivity contribution is -0.142. The number of nitrogens with one attached hydrogen (secondary N) is 1. The molecule has 1 aromatic rings. The normalized spacial score (nSPS) is 20.7. The standard InChI is InChI=1S/C19H27ClN4O3/c1-21-19(22-7-13-26-16-5-2-4-15(20)14-16)24-10-8-23(9-11-24)18(25)17-6-3-12-27-17/h2,4-5,14,17H,3,6-13H2,1H3,(H,21,22). The van der Waals surface area contributed by atoms with E-state index >= 15 is 0 Å². The summed E-state index contributed by atoms with van der Waals surface area (Å²) in [7, 11) is 1.77. The fourth-order valence-electron chi connectivity index (χ4n) is 3.34. The molecule has 2 aliphatic rings. The van der Waals surface area contributed by atoms with Crippen LogP contribution in [0.2, 0.25) is 5.02 Å². The fourth-order valence-corrected chi connectivity index (χ4v) is 3.52. The Balaban J connectivity index is 1.39. The Morgan fingerprint density at radius 3 is 2.78 bits per heavy atom. The minimum atomic E-state index is -0.238. The van der Waals surface area contributed by atoms with Crippen molar-refractivity contribution in [2.24, 2.45) is 4.99 Å². The first kappa shape index (κ1) is 19.8. The van der Waals surface area contributed by atoms with E-state index in [9.17, 15) is 4.79 Å². The first-order valence-electron chi connectivity index (χ1n) is 9.42. The van der Waals surface area contributed by atoms with E-state index in [4.69, 9.17) is 21.1 Å².